The van der Waals surface area contributed by atoms with Gasteiger partial charge in [0.2, 0.25) is 17.7 Å². The number of likely N-dealkylation sites (tertiary alicyclic amines) is 1. The maximum Gasteiger partial charge on any atom is 0.228 e. The molecule has 0 saturated carbocycles. The predicted octanol–water partition coefficient (Wildman–Crippen LogP) is 4.74. The van der Waals surface area contributed by atoms with Crippen molar-refractivity contribution in [3.63, 3.8) is 0 Å². The first-order valence-corrected chi connectivity index (χ1v) is 12.4. The summed E-state index contributed by atoms with van der Waals surface area (Å²) in [6.07, 6.45) is 2.55. The molecule has 34 heavy (non-hydrogen) atoms. The van der Waals surface area contributed by atoms with Crippen LogP contribution in [0, 0.1) is 18.8 Å². The molecule has 2 aliphatic rings. The molecule has 2 aromatic rings. The van der Waals surface area contributed by atoms with Crippen molar-refractivity contribution < 1.29 is 14.4 Å². The van der Waals surface area contributed by atoms with Gasteiger partial charge in [0.1, 0.15) is 0 Å². The van der Waals surface area contributed by atoms with Crippen LogP contribution in [0.4, 0.5) is 11.4 Å². The van der Waals surface area contributed by atoms with Crippen molar-refractivity contribution in [2.24, 2.45) is 11.8 Å². The standard InChI is InChI=1S/C28H35N3O3/c1-4-20(3)24-7-5-6-8-25(24)29-27(33)21-13-15-30(16-14-21)28(34)22-17-26(32)31(18-22)23-11-9-19(2)10-12-23/h5-12,20-22H,4,13-18H2,1-3H3,(H,29,33). The van der Waals surface area contributed by atoms with Gasteiger partial charge in [0.05, 0.1) is 5.92 Å². The normalized spacial score (nSPS) is 19.9. The molecule has 0 bridgehead atoms. The second kappa shape index (κ2) is 10.4. The minimum Gasteiger partial charge on any atom is -0.342 e. The van der Waals surface area contributed by atoms with Gasteiger partial charge in [-0.2, -0.15) is 0 Å². The summed E-state index contributed by atoms with van der Waals surface area (Å²) in [5, 5.41) is 3.13. The van der Waals surface area contributed by atoms with Crippen LogP contribution in [0.1, 0.15) is 56.6 Å². The molecule has 2 heterocycles. The summed E-state index contributed by atoms with van der Waals surface area (Å²) in [5.41, 5.74) is 4.04. The van der Waals surface area contributed by atoms with Crippen molar-refractivity contribution in [1.82, 2.24) is 4.90 Å². The number of anilines is 2. The second-order valence-electron chi connectivity index (χ2n) is 9.73. The Labute approximate surface area is 202 Å². The van der Waals surface area contributed by atoms with Crippen LogP contribution in [0.25, 0.3) is 0 Å². The topological polar surface area (TPSA) is 69.7 Å². The molecule has 2 saturated heterocycles. The Morgan fingerprint density at radius 2 is 1.71 bits per heavy atom. The highest BCUT2D eigenvalue weighted by atomic mass is 16.2. The molecular formula is C28H35N3O3. The highest BCUT2D eigenvalue weighted by Crippen LogP contribution is 2.30. The van der Waals surface area contributed by atoms with Crippen molar-refractivity contribution in [2.75, 3.05) is 29.9 Å². The zero-order chi connectivity index (χ0) is 24.2. The van der Waals surface area contributed by atoms with Gasteiger partial charge in [-0.25, -0.2) is 0 Å². The number of benzene rings is 2. The summed E-state index contributed by atoms with van der Waals surface area (Å²) in [6, 6.07) is 15.8. The smallest absolute Gasteiger partial charge is 0.228 e. The summed E-state index contributed by atoms with van der Waals surface area (Å²) in [6.45, 7) is 7.86. The number of nitrogens with zero attached hydrogens (tertiary/aromatic N) is 2. The monoisotopic (exact) mass is 461 g/mol. The van der Waals surface area contributed by atoms with Crippen LogP contribution >= 0.6 is 0 Å². The maximum absolute atomic E-state index is 13.1. The second-order valence-corrected chi connectivity index (χ2v) is 9.73. The van der Waals surface area contributed by atoms with Crippen LogP contribution in [0.5, 0.6) is 0 Å². The summed E-state index contributed by atoms with van der Waals surface area (Å²) in [5.74, 6) is 0.0132. The van der Waals surface area contributed by atoms with Gasteiger partial charge >= 0.3 is 0 Å². The number of carbonyl (C=O) groups excluding carboxylic acids is 3. The van der Waals surface area contributed by atoms with E-state index in [0.29, 0.717) is 38.4 Å². The van der Waals surface area contributed by atoms with Gasteiger partial charge in [0.25, 0.3) is 0 Å². The highest BCUT2D eigenvalue weighted by Gasteiger charge is 2.38. The van der Waals surface area contributed by atoms with Gasteiger partial charge in [-0.15, -0.1) is 0 Å². The third-order valence-corrected chi connectivity index (χ3v) is 7.36. The molecule has 6 nitrogen and oxygen atoms in total. The van der Waals surface area contributed by atoms with Gasteiger partial charge in [0.15, 0.2) is 0 Å². The van der Waals surface area contributed by atoms with E-state index in [2.05, 4.69) is 25.2 Å². The zero-order valence-electron chi connectivity index (χ0n) is 20.4. The SMILES string of the molecule is CCC(C)c1ccccc1NC(=O)C1CCN(C(=O)C2CC(=O)N(c3ccc(C)cc3)C2)CC1. The third-order valence-electron chi connectivity index (χ3n) is 7.36. The predicted molar refractivity (Wildman–Crippen MR) is 135 cm³/mol. The van der Waals surface area contributed by atoms with E-state index in [9.17, 15) is 14.4 Å². The lowest BCUT2D eigenvalue weighted by molar-refractivity contribution is -0.138. The number of nitrogens with one attached hydrogen (secondary N) is 1. The molecular weight excluding hydrogens is 426 g/mol. The lowest BCUT2D eigenvalue weighted by atomic mass is 9.93. The van der Waals surface area contributed by atoms with Gasteiger partial charge in [0, 0.05) is 43.3 Å². The number of rotatable bonds is 6. The summed E-state index contributed by atoms with van der Waals surface area (Å²) >= 11 is 0. The van der Waals surface area contributed by atoms with Crippen molar-refractivity contribution in [3.05, 3.63) is 59.7 Å². The lowest BCUT2D eigenvalue weighted by Gasteiger charge is -2.33. The van der Waals surface area contributed by atoms with Gasteiger partial charge in [-0.3, -0.25) is 14.4 Å². The van der Waals surface area contributed by atoms with Crippen LogP contribution in [0.3, 0.4) is 0 Å². The maximum atomic E-state index is 13.1. The van der Waals surface area contributed by atoms with Crippen molar-refractivity contribution in [1.29, 1.82) is 0 Å². The lowest BCUT2D eigenvalue weighted by Crippen LogP contribution is -2.44. The van der Waals surface area contributed by atoms with Crippen LogP contribution in [0.2, 0.25) is 0 Å². The first kappa shape index (κ1) is 24.0. The average Bonchev–Trinajstić information content (AvgIpc) is 3.25. The fraction of sp³-hybridized carbons (Fsp3) is 0.464. The van der Waals surface area contributed by atoms with E-state index < -0.39 is 0 Å². The largest absolute Gasteiger partial charge is 0.342 e. The summed E-state index contributed by atoms with van der Waals surface area (Å²) < 4.78 is 0. The quantitative estimate of drug-likeness (QED) is 0.676. The number of amides is 3. The minimum atomic E-state index is -0.318. The molecule has 2 fully saturated rings. The molecule has 2 aliphatic heterocycles. The minimum absolute atomic E-state index is 0.00330. The molecule has 6 heteroatoms. The number of hydrogen-bond donors (Lipinski definition) is 1. The number of hydrogen-bond acceptors (Lipinski definition) is 3. The molecule has 1 N–H and O–H groups in total. The molecule has 2 aromatic carbocycles. The van der Waals surface area contributed by atoms with E-state index in [1.165, 1.54) is 0 Å². The van der Waals surface area contributed by atoms with Crippen molar-refractivity contribution >= 4 is 29.1 Å². The van der Waals surface area contributed by atoms with Gasteiger partial charge < -0.3 is 15.1 Å². The number of para-hydroxylation sites is 1. The molecule has 0 radical (unpaired) electrons. The molecule has 180 valence electrons. The molecule has 3 amide bonds. The molecule has 0 spiro atoms. The Kier molecular flexibility index (Phi) is 7.35. The number of aryl methyl sites for hydroxylation is 1. The third kappa shape index (κ3) is 5.16. The Bertz CT molecular complexity index is 1040. The highest BCUT2D eigenvalue weighted by molar-refractivity contribution is 6.00. The zero-order valence-corrected chi connectivity index (χ0v) is 20.4. The van der Waals surface area contributed by atoms with E-state index in [1.54, 1.807) is 4.90 Å². The first-order chi connectivity index (χ1) is 16.4. The van der Waals surface area contributed by atoms with E-state index in [-0.39, 0.29) is 36.0 Å². The number of carbonyl (C=O) groups is 3. The average molecular weight is 462 g/mol. The van der Waals surface area contributed by atoms with Crippen LogP contribution < -0.4 is 10.2 Å². The van der Waals surface area contributed by atoms with E-state index in [0.717, 1.165) is 28.9 Å². The van der Waals surface area contributed by atoms with Gasteiger partial charge in [-0.05, 0) is 55.9 Å². The first-order valence-electron chi connectivity index (χ1n) is 12.4. The molecule has 2 unspecified atom stereocenters. The fourth-order valence-corrected chi connectivity index (χ4v) is 4.96. The molecule has 0 aromatic heterocycles. The van der Waals surface area contributed by atoms with Crippen molar-refractivity contribution in [2.45, 2.75) is 52.4 Å². The Balaban J connectivity index is 1.31. The number of piperidine rings is 1. The van der Waals surface area contributed by atoms with Crippen LogP contribution in [-0.2, 0) is 14.4 Å². The van der Waals surface area contributed by atoms with Crippen LogP contribution in [-0.4, -0.2) is 42.3 Å². The molecule has 2 atom stereocenters. The summed E-state index contributed by atoms with van der Waals surface area (Å²) in [4.78, 5) is 42.2. The van der Waals surface area contributed by atoms with Crippen LogP contribution in [0.15, 0.2) is 48.5 Å². The van der Waals surface area contributed by atoms with E-state index in [1.807, 2.05) is 54.3 Å². The Hall–Kier alpha value is -3.15. The van der Waals surface area contributed by atoms with Crippen molar-refractivity contribution in [3.8, 4) is 0 Å². The van der Waals surface area contributed by atoms with E-state index >= 15 is 0 Å². The Morgan fingerprint density at radius 3 is 2.38 bits per heavy atom. The van der Waals surface area contributed by atoms with E-state index in [4.69, 9.17) is 0 Å². The Morgan fingerprint density at radius 1 is 1.03 bits per heavy atom. The molecule has 0 aliphatic carbocycles. The van der Waals surface area contributed by atoms with Gasteiger partial charge in [-0.1, -0.05) is 49.7 Å². The fourth-order valence-electron chi connectivity index (χ4n) is 4.96. The summed E-state index contributed by atoms with van der Waals surface area (Å²) in [7, 11) is 0. The molecule has 4 rings (SSSR count).